The zero-order valence-electron chi connectivity index (χ0n) is 12.0. The van der Waals surface area contributed by atoms with Gasteiger partial charge in [-0.2, -0.15) is 0 Å². The first kappa shape index (κ1) is 14.4. The molecule has 2 aromatic rings. The number of ether oxygens (including phenoxy) is 1. The molecule has 19 heavy (non-hydrogen) atoms. The molecule has 3 rings (SSSR count). The predicted octanol–water partition coefficient (Wildman–Crippen LogP) is 3.46. The lowest BCUT2D eigenvalue weighted by Crippen LogP contribution is -2.35. The molecule has 104 valence electrons. The van der Waals surface area contributed by atoms with Gasteiger partial charge in [-0.25, -0.2) is 4.98 Å². The third kappa shape index (κ3) is 3.75. The van der Waals surface area contributed by atoms with Gasteiger partial charge in [0.05, 0.1) is 28.4 Å². The van der Waals surface area contributed by atoms with Crippen LogP contribution in [-0.4, -0.2) is 36.2 Å². The summed E-state index contributed by atoms with van der Waals surface area (Å²) in [5, 5.41) is 1.14. The molecule has 0 bridgehead atoms. The van der Waals surface area contributed by atoms with Crippen molar-refractivity contribution >= 4 is 21.6 Å². The lowest BCUT2D eigenvalue weighted by atomic mass is 10.2. The van der Waals surface area contributed by atoms with Crippen LogP contribution in [0, 0.1) is 6.92 Å². The maximum atomic E-state index is 5.36. The van der Waals surface area contributed by atoms with Crippen molar-refractivity contribution in [1.82, 2.24) is 9.88 Å². The molecule has 0 amide bonds. The highest BCUT2D eigenvalue weighted by Crippen LogP contribution is 2.23. The number of hydrogen-bond donors (Lipinski definition) is 0. The molecule has 1 saturated heterocycles. The maximum absolute atomic E-state index is 5.36. The van der Waals surface area contributed by atoms with E-state index in [0.29, 0.717) is 0 Å². The van der Waals surface area contributed by atoms with E-state index in [-0.39, 0.29) is 0 Å². The molecule has 1 aromatic heterocycles. The van der Waals surface area contributed by atoms with E-state index in [1.165, 1.54) is 10.3 Å². The van der Waals surface area contributed by atoms with Crippen molar-refractivity contribution in [1.29, 1.82) is 0 Å². The Morgan fingerprint density at radius 1 is 1.26 bits per heavy atom. The summed E-state index contributed by atoms with van der Waals surface area (Å²) in [7, 11) is 0. The Morgan fingerprint density at radius 3 is 2.74 bits per heavy atom. The van der Waals surface area contributed by atoms with Crippen LogP contribution >= 0.6 is 11.3 Å². The standard InChI is InChI=1S/C13H16N2OS.C2H6/c1-10-14-12-3-2-11(8-13(12)17-10)9-15-4-6-16-7-5-15;1-2/h2-3,8H,4-7,9H2,1H3;1-2H3. The highest BCUT2D eigenvalue weighted by Gasteiger charge is 2.11. The number of morpholine rings is 1. The Bertz CT molecular complexity index is 518. The summed E-state index contributed by atoms with van der Waals surface area (Å²) in [6.45, 7) is 10.9. The summed E-state index contributed by atoms with van der Waals surface area (Å²) < 4.78 is 6.66. The van der Waals surface area contributed by atoms with Crippen molar-refractivity contribution in [2.45, 2.75) is 27.3 Å². The highest BCUT2D eigenvalue weighted by molar-refractivity contribution is 7.18. The van der Waals surface area contributed by atoms with E-state index < -0.39 is 0 Å². The van der Waals surface area contributed by atoms with Crippen molar-refractivity contribution in [3.8, 4) is 0 Å². The van der Waals surface area contributed by atoms with Gasteiger partial charge in [-0.3, -0.25) is 4.90 Å². The summed E-state index contributed by atoms with van der Waals surface area (Å²) in [5.41, 5.74) is 2.50. The van der Waals surface area contributed by atoms with E-state index in [2.05, 4.69) is 35.0 Å². The third-order valence-electron chi connectivity index (χ3n) is 3.07. The molecule has 1 fully saturated rings. The smallest absolute Gasteiger partial charge is 0.0907 e. The molecule has 0 radical (unpaired) electrons. The van der Waals surface area contributed by atoms with E-state index in [1.807, 2.05) is 13.8 Å². The quantitative estimate of drug-likeness (QED) is 0.841. The van der Waals surface area contributed by atoms with Crippen molar-refractivity contribution < 1.29 is 4.74 Å². The zero-order valence-corrected chi connectivity index (χ0v) is 12.8. The predicted molar refractivity (Wildman–Crippen MR) is 81.8 cm³/mol. The molecule has 4 heteroatoms. The molecule has 2 heterocycles. The molecule has 0 saturated carbocycles. The number of aryl methyl sites for hydroxylation is 1. The Morgan fingerprint density at radius 2 is 2.00 bits per heavy atom. The first-order chi connectivity index (χ1) is 9.31. The summed E-state index contributed by atoms with van der Waals surface area (Å²) >= 11 is 1.77. The number of benzene rings is 1. The number of fused-ring (bicyclic) bond motifs is 1. The largest absolute Gasteiger partial charge is 0.379 e. The van der Waals surface area contributed by atoms with Gasteiger partial charge in [-0.05, 0) is 24.6 Å². The first-order valence-electron chi connectivity index (χ1n) is 6.97. The van der Waals surface area contributed by atoms with Crippen LogP contribution in [0.2, 0.25) is 0 Å². The van der Waals surface area contributed by atoms with Crippen LogP contribution in [0.3, 0.4) is 0 Å². The summed E-state index contributed by atoms with van der Waals surface area (Å²) in [5.74, 6) is 0. The van der Waals surface area contributed by atoms with Crippen LogP contribution in [0.25, 0.3) is 10.2 Å². The van der Waals surface area contributed by atoms with Crippen LogP contribution in [0.4, 0.5) is 0 Å². The van der Waals surface area contributed by atoms with Crippen LogP contribution in [0.15, 0.2) is 18.2 Å². The second-order valence-corrected chi connectivity index (χ2v) is 5.66. The highest BCUT2D eigenvalue weighted by atomic mass is 32.1. The maximum Gasteiger partial charge on any atom is 0.0907 e. The van der Waals surface area contributed by atoms with Gasteiger partial charge in [-0.15, -0.1) is 11.3 Å². The average molecular weight is 278 g/mol. The van der Waals surface area contributed by atoms with Crippen LogP contribution in [-0.2, 0) is 11.3 Å². The molecule has 0 N–H and O–H groups in total. The molecule has 1 aliphatic rings. The fraction of sp³-hybridized carbons (Fsp3) is 0.533. The fourth-order valence-corrected chi connectivity index (χ4v) is 3.09. The SMILES string of the molecule is CC.Cc1nc2ccc(CN3CCOCC3)cc2s1. The number of nitrogens with zero attached hydrogens (tertiary/aromatic N) is 2. The minimum absolute atomic E-state index is 0.863. The van der Waals surface area contributed by atoms with E-state index in [0.717, 1.165) is 43.4 Å². The monoisotopic (exact) mass is 278 g/mol. The summed E-state index contributed by atoms with van der Waals surface area (Å²) in [6.07, 6.45) is 0. The second-order valence-electron chi connectivity index (χ2n) is 4.42. The van der Waals surface area contributed by atoms with Crippen molar-refractivity contribution in [2.24, 2.45) is 0 Å². The summed E-state index contributed by atoms with van der Waals surface area (Å²) in [4.78, 5) is 6.93. The Balaban J connectivity index is 0.000000637. The van der Waals surface area contributed by atoms with Crippen molar-refractivity contribution in [3.63, 3.8) is 0 Å². The van der Waals surface area contributed by atoms with E-state index in [1.54, 1.807) is 11.3 Å². The molecular formula is C15H22N2OS. The average Bonchev–Trinajstić information content (AvgIpc) is 2.81. The Labute approximate surface area is 119 Å². The number of rotatable bonds is 2. The normalized spacial score (nSPS) is 16.2. The fourth-order valence-electron chi connectivity index (χ4n) is 2.20. The van der Waals surface area contributed by atoms with Gasteiger partial charge >= 0.3 is 0 Å². The molecule has 0 atom stereocenters. The topological polar surface area (TPSA) is 25.4 Å². The van der Waals surface area contributed by atoms with Gasteiger partial charge < -0.3 is 4.74 Å². The van der Waals surface area contributed by atoms with Crippen molar-refractivity contribution in [3.05, 3.63) is 28.8 Å². The van der Waals surface area contributed by atoms with Crippen LogP contribution in [0.1, 0.15) is 24.4 Å². The molecule has 3 nitrogen and oxygen atoms in total. The van der Waals surface area contributed by atoms with Gasteiger partial charge in [0.2, 0.25) is 0 Å². The number of hydrogen-bond acceptors (Lipinski definition) is 4. The lowest BCUT2D eigenvalue weighted by molar-refractivity contribution is 0.0342. The third-order valence-corrected chi connectivity index (χ3v) is 4.00. The van der Waals surface area contributed by atoms with Gasteiger partial charge in [0.25, 0.3) is 0 Å². The van der Waals surface area contributed by atoms with Crippen LogP contribution in [0.5, 0.6) is 0 Å². The molecule has 1 aromatic carbocycles. The molecule has 0 unspecified atom stereocenters. The van der Waals surface area contributed by atoms with Crippen molar-refractivity contribution in [2.75, 3.05) is 26.3 Å². The molecule has 0 aliphatic carbocycles. The van der Waals surface area contributed by atoms with E-state index >= 15 is 0 Å². The van der Waals surface area contributed by atoms with Gasteiger partial charge in [0.15, 0.2) is 0 Å². The first-order valence-corrected chi connectivity index (χ1v) is 7.79. The molecular weight excluding hydrogens is 256 g/mol. The minimum atomic E-state index is 0.863. The zero-order chi connectivity index (χ0) is 13.7. The van der Waals surface area contributed by atoms with Gasteiger partial charge in [0.1, 0.15) is 0 Å². The molecule has 1 aliphatic heterocycles. The Hall–Kier alpha value is -0.970. The summed E-state index contributed by atoms with van der Waals surface area (Å²) in [6, 6.07) is 6.60. The molecule has 0 spiro atoms. The van der Waals surface area contributed by atoms with Crippen LogP contribution < -0.4 is 0 Å². The van der Waals surface area contributed by atoms with Gasteiger partial charge in [-0.1, -0.05) is 19.9 Å². The van der Waals surface area contributed by atoms with Gasteiger partial charge in [0, 0.05) is 19.6 Å². The second kappa shape index (κ2) is 6.98. The number of aromatic nitrogens is 1. The van der Waals surface area contributed by atoms with E-state index in [9.17, 15) is 0 Å². The lowest BCUT2D eigenvalue weighted by Gasteiger charge is -2.26. The minimum Gasteiger partial charge on any atom is -0.379 e. The Kier molecular flexibility index (Phi) is 5.31. The van der Waals surface area contributed by atoms with E-state index in [4.69, 9.17) is 4.74 Å². The number of thiazole rings is 1.